The molecule has 0 spiro atoms. The van der Waals surface area contributed by atoms with Crippen LogP contribution in [0.3, 0.4) is 0 Å². The van der Waals surface area contributed by atoms with E-state index in [9.17, 15) is 8.42 Å². The molecule has 0 aliphatic carbocycles. The summed E-state index contributed by atoms with van der Waals surface area (Å²) in [7, 11) is -3.52. The molecule has 0 radical (unpaired) electrons. The van der Waals surface area contributed by atoms with Crippen LogP contribution in [-0.2, 0) is 9.84 Å². The fourth-order valence-corrected chi connectivity index (χ4v) is 4.03. The third-order valence-electron chi connectivity index (χ3n) is 2.50. The zero-order valence-corrected chi connectivity index (χ0v) is 11.8. The van der Waals surface area contributed by atoms with Crippen molar-refractivity contribution < 1.29 is 8.42 Å². The summed E-state index contributed by atoms with van der Waals surface area (Å²) in [5.74, 6) is 0.205. The van der Waals surface area contributed by atoms with Gasteiger partial charge in [0.05, 0.1) is 15.6 Å². The fraction of sp³-hybridized carbons (Fsp3) is 0.455. The van der Waals surface area contributed by atoms with Gasteiger partial charge >= 0.3 is 0 Å². The van der Waals surface area contributed by atoms with Gasteiger partial charge in [-0.15, -0.1) is 23.2 Å². The van der Waals surface area contributed by atoms with Gasteiger partial charge in [0.25, 0.3) is 0 Å². The van der Waals surface area contributed by atoms with Gasteiger partial charge < -0.3 is 5.73 Å². The average molecular weight is 296 g/mol. The highest BCUT2D eigenvalue weighted by atomic mass is 35.5. The van der Waals surface area contributed by atoms with E-state index in [2.05, 4.69) is 0 Å². The zero-order valence-electron chi connectivity index (χ0n) is 9.44. The summed E-state index contributed by atoms with van der Waals surface area (Å²) < 4.78 is 24.5. The molecule has 0 aliphatic rings. The van der Waals surface area contributed by atoms with Gasteiger partial charge in [-0.3, -0.25) is 0 Å². The number of sulfone groups is 1. The van der Waals surface area contributed by atoms with Crippen LogP contribution in [0.5, 0.6) is 0 Å². The Morgan fingerprint density at radius 2 is 1.82 bits per heavy atom. The van der Waals surface area contributed by atoms with Crippen molar-refractivity contribution >= 4 is 33.0 Å². The van der Waals surface area contributed by atoms with E-state index in [-0.39, 0.29) is 17.2 Å². The Hall–Kier alpha value is -0.290. The first kappa shape index (κ1) is 14.8. The van der Waals surface area contributed by atoms with E-state index >= 15 is 0 Å². The van der Waals surface area contributed by atoms with Crippen LogP contribution >= 0.6 is 23.2 Å². The van der Waals surface area contributed by atoms with E-state index in [1.807, 2.05) is 6.92 Å². The topological polar surface area (TPSA) is 60.2 Å². The number of rotatable bonds is 5. The van der Waals surface area contributed by atoms with Crippen molar-refractivity contribution in [2.75, 3.05) is 5.88 Å². The number of aryl methyl sites for hydroxylation is 1. The summed E-state index contributed by atoms with van der Waals surface area (Å²) in [6, 6.07) is 6.60. The lowest BCUT2D eigenvalue weighted by Gasteiger charge is -2.18. The van der Waals surface area contributed by atoms with Crippen LogP contribution in [0.4, 0.5) is 0 Å². The first-order chi connectivity index (χ1) is 7.89. The summed E-state index contributed by atoms with van der Waals surface area (Å²) in [6.07, 6.45) is 0.239. The minimum atomic E-state index is -3.52. The van der Waals surface area contributed by atoms with Crippen molar-refractivity contribution in [1.29, 1.82) is 0 Å². The SMILES string of the molecule is Cc1ccc(S(=O)(=O)C(CCCl)C(N)Cl)cc1. The molecule has 1 aromatic carbocycles. The molecule has 0 fully saturated rings. The summed E-state index contributed by atoms with van der Waals surface area (Å²) in [6.45, 7) is 1.89. The van der Waals surface area contributed by atoms with Gasteiger partial charge in [0.2, 0.25) is 0 Å². The van der Waals surface area contributed by atoms with Gasteiger partial charge in [0.1, 0.15) is 0 Å². The molecule has 2 N–H and O–H groups in total. The molecule has 0 aliphatic heterocycles. The molecule has 0 aromatic heterocycles. The summed E-state index contributed by atoms with van der Waals surface area (Å²) in [5, 5.41) is -0.857. The highest BCUT2D eigenvalue weighted by Crippen LogP contribution is 2.22. The quantitative estimate of drug-likeness (QED) is 0.670. The maximum Gasteiger partial charge on any atom is 0.184 e. The number of benzene rings is 1. The number of hydrogen-bond donors (Lipinski definition) is 1. The second-order valence-electron chi connectivity index (χ2n) is 3.82. The second kappa shape index (κ2) is 6.05. The lowest BCUT2D eigenvalue weighted by Crippen LogP contribution is -2.37. The second-order valence-corrected chi connectivity index (χ2v) is 6.87. The molecule has 0 bridgehead atoms. The Labute approximate surface area is 112 Å². The molecule has 0 saturated carbocycles. The van der Waals surface area contributed by atoms with Crippen molar-refractivity contribution in [2.24, 2.45) is 5.73 Å². The minimum absolute atomic E-state index is 0.205. The predicted molar refractivity (Wildman–Crippen MR) is 71.3 cm³/mol. The highest BCUT2D eigenvalue weighted by Gasteiger charge is 2.31. The molecular formula is C11H15Cl2NO2S. The predicted octanol–water partition coefficient (Wildman–Crippen LogP) is 2.29. The van der Waals surface area contributed by atoms with E-state index in [0.717, 1.165) is 5.56 Å². The Balaban J connectivity index is 3.12. The average Bonchev–Trinajstić information content (AvgIpc) is 2.25. The normalized spacial score (nSPS) is 15.5. The number of hydrogen-bond acceptors (Lipinski definition) is 3. The molecule has 17 heavy (non-hydrogen) atoms. The Bertz CT molecular complexity index is 457. The van der Waals surface area contributed by atoms with E-state index in [4.69, 9.17) is 28.9 Å². The van der Waals surface area contributed by atoms with Crippen LogP contribution in [0, 0.1) is 6.92 Å². The van der Waals surface area contributed by atoms with E-state index in [1.54, 1.807) is 24.3 Å². The lowest BCUT2D eigenvalue weighted by atomic mass is 10.2. The number of halogens is 2. The van der Waals surface area contributed by atoms with Crippen LogP contribution in [0.2, 0.25) is 0 Å². The summed E-state index contributed by atoms with van der Waals surface area (Å²) >= 11 is 11.3. The van der Waals surface area contributed by atoms with Gasteiger partial charge in [-0.25, -0.2) is 8.42 Å². The first-order valence-corrected chi connectivity index (χ1v) is 7.67. The molecule has 3 nitrogen and oxygen atoms in total. The van der Waals surface area contributed by atoms with Crippen molar-refractivity contribution in [3.8, 4) is 0 Å². The van der Waals surface area contributed by atoms with Crippen LogP contribution in [0.15, 0.2) is 29.2 Å². The van der Waals surface area contributed by atoms with Crippen molar-refractivity contribution in [1.82, 2.24) is 0 Å². The Morgan fingerprint density at radius 3 is 2.24 bits per heavy atom. The van der Waals surface area contributed by atoms with Crippen LogP contribution in [0.25, 0.3) is 0 Å². The van der Waals surface area contributed by atoms with Gasteiger partial charge in [0.15, 0.2) is 9.84 Å². The number of nitrogens with two attached hydrogens (primary N) is 1. The molecule has 96 valence electrons. The standard InChI is InChI=1S/C11H15Cl2NO2S/c1-8-2-4-9(5-3-8)17(15,16)10(6-7-12)11(13)14/h2-5,10-11H,6-7,14H2,1H3. The van der Waals surface area contributed by atoms with Gasteiger partial charge in [0, 0.05) is 5.88 Å². The van der Waals surface area contributed by atoms with Crippen molar-refractivity contribution in [2.45, 2.75) is 29.0 Å². The van der Waals surface area contributed by atoms with Crippen molar-refractivity contribution in [3.05, 3.63) is 29.8 Å². The molecule has 6 heteroatoms. The molecule has 2 unspecified atom stereocenters. The summed E-state index contributed by atoms with van der Waals surface area (Å²) in [5.41, 5.74) is 5.54. The van der Waals surface area contributed by atoms with Crippen LogP contribution in [0.1, 0.15) is 12.0 Å². The van der Waals surface area contributed by atoms with Crippen molar-refractivity contribution in [3.63, 3.8) is 0 Å². The number of alkyl halides is 2. The Morgan fingerprint density at radius 1 is 1.29 bits per heavy atom. The fourth-order valence-electron chi connectivity index (χ4n) is 1.50. The molecule has 0 saturated heterocycles. The molecular weight excluding hydrogens is 281 g/mol. The molecule has 0 heterocycles. The van der Waals surface area contributed by atoms with E-state index in [0.29, 0.717) is 0 Å². The zero-order chi connectivity index (χ0) is 13.1. The summed E-state index contributed by atoms with van der Waals surface area (Å²) in [4.78, 5) is 0.231. The molecule has 2 atom stereocenters. The van der Waals surface area contributed by atoms with Gasteiger partial charge in [-0.2, -0.15) is 0 Å². The van der Waals surface area contributed by atoms with E-state index < -0.39 is 20.6 Å². The Kier molecular flexibility index (Phi) is 5.25. The largest absolute Gasteiger partial charge is 0.314 e. The highest BCUT2D eigenvalue weighted by molar-refractivity contribution is 7.92. The van der Waals surface area contributed by atoms with Crippen LogP contribution < -0.4 is 5.73 Å². The molecule has 1 rings (SSSR count). The maximum atomic E-state index is 12.3. The van der Waals surface area contributed by atoms with Gasteiger partial charge in [-0.05, 0) is 25.5 Å². The minimum Gasteiger partial charge on any atom is -0.314 e. The molecule has 1 aromatic rings. The third-order valence-corrected chi connectivity index (χ3v) is 5.42. The lowest BCUT2D eigenvalue weighted by molar-refractivity contribution is 0.571. The monoisotopic (exact) mass is 295 g/mol. The van der Waals surface area contributed by atoms with Crippen LogP contribution in [-0.4, -0.2) is 25.0 Å². The third kappa shape index (κ3) is 3.58. The van der Waals surface area contributed by atoms with E-state index in [1.165, 1.54) is 0 Å². The smallest absolute Gasteiger partial charge is 0.184 e. The first-order valence-electron chi connectivity index (χ1n) is 5.15. The van der Waals surface area contributed by atoms with Gasteiger partial charge in [-0.1, -0.05) is 17.7 Å². The molecule has 0 amide bonds. The maximum absolute atomic E-state index is 12.3.